The number of carboxylic acids is 1. The van der Waals surface area contributed by atoms with Gasteiger partial charge in [0.05, 0.1) is 24.8 Å². The van der Waals surface area contributed by atoms with Gasteiger partial charge >= 0.3 is 5.97 Å². The van der Waals surface area contributed by atoms with E-state index < -0.39 is 18.0 Å². The smallest absolute Gasteiger partial charge is 0.306 e. The Balaban J connectivity index is 1.84. The molecule has 1 saturated heterocycles. The van der Waals surface area contributed by atoms with E-state index in [0.29, 0.717) is 0 Å². The number of carbonyl (C=O) groups excluding carboxylic acids is 1. The van der Waals surface area contributed by atoms with Gasteiger partial charge in [0.2, 0.25) is 0 Å². The zero-order valence-electron chi connectivity index (χ0n) is 11.1. The van der Waals surface area contributed by atoms with Crippen molar-refractivity contribution in [1.29, 1.82) is 0 Å². The predicted octanol–water partition coefficient (Wildman–Crippen LogP) is -1.36. The molecule has 0 aliphatic carbocycles. The average molecular weight is 283 g/mol. The molecule has 1 amide bonds. The summed E-state index contributed by atoms with van der Waals surface area (Å²) in [7, 11) is 1.40. The number of methoxy groups -OCH3 is 1. The minimum atomic E-state index is -0.977. The monoisotopic (exact) mass is 283 g/mol. The van der Waals surface area contributed by atoms with Crippen LogP contribution in [0.5, 0.6) is 0 Å². The molecule has 1 atom stereocenters. The third-order valence-electron chi connectivity index (χ3n) is 3.10. The van der Waals surface area contributed by atoms with Gasteiger partial charge in [-0.1, -0.05) is 5.21 Å². The molecular weight excluding hydrogens is 266 g/mol. The standard InChI is InChI=1S/C11H17N5O4/c1-20-8(2-10(17)18)5-13-11(19)9-6-16(15-14-9)7-3-12-4-7/h6-8,12H,2-5H2,1H3,(H,13,19)(H,17,18). The second kappa shape index (κ2) is 6.44. The van der Waals surface area contributed by atoms with Crippen LogP contribution < -0.4 is 10.6 Å². The molecule has 110 valence electrons. The van der Waals surface area contributed by atoms with Crippen LogP contribution in [0.1, 0.15) is 23.0 Å². The Kier molecular flexibility index (Phi) is 4.64. The minimum Gasteiger partial charge on any atom is -0.481 e. The number of aliphatic carboxylic acids is 1. The molecule has 3 N–H and O–H groups in total. The van der Waals surface area contributed by atoms with Crippen molar-refractivity contribution in [2.45, 2.75) is 18.6 Å². The number of nitrogens with zero attached hydrogens (tertiary/aromatic N) is 3. The Hall–Kier alpha value is -2.00. The molecule has 20 heavy (non-hydrogen) atoms. The zero-order chi connectivity index (χ0) is 14.5. The van der Waals surface area contributed by atoms with Crippen LogP contribution in [0.4, 0.5) is 0 Å². The molecule has 0 bridgehead atoms. The molecule has 1 aromatic rings. The Morgan fingerprint density at radius 1 is 1.65 bits per heavy atom. The van der Waals surface area contributed by atoms with E-state index in [1.807, 2.05) is 0 Å². The molecule has 0 spiro atoms. The Labute approximate surface area is 115 Å². The van der Waals surface area contributed by atoms with E-state index in [1.54, 1.807) is 10.9 Å². The second-order valence-electron chi connectivity index (χ2n) is 4.56. The van der Waals surface area contributed by atoms with Crippen LogP contribution >= 0.6 is 0 Å². The number of nitrogens with one attached hydrogen (secondary N) is 2. The molecule has 0 aromatic carbocycles. The van der Waals surface area contributed by atoms with E-state index in [9.17, 15) is 9.59 Å². The van der Waals surface area contributed by atoms with Crippen molar-refractivity contribution in [3.05, 3.63) is 11.9 Å². The maximum absolute atomic E-state index is 11.8. The summed E-state index contributed by atoms with van der Waals surface area (Å²) in [6, 6.07) is 0.239. The largest absolute Gasteiger partial charge is 0.481 e. The summed E-state index contributed by atoms with van der Waals surface area (Å²) in [6.45, 7) is 1.74. The van der Waals surface area contributed by atoms with Gasteiger partial charge in [-0.15, -0.1) is 5.10 Å². The molecule has 1 fully saturated rings. The molecule has 2 heterocycles. The maximum Gasteiger partial charge on any atom is 0.306 e. The first kappa shape index (κ1) is 14.4. The summed E-state index contributed by atoms with van der Waals surface area (Å²) in [4.78, 5) is 22.4. The van der Waals surface area contributed by atoms with Crippen LogP contribution in [0.2, 0.25) is 0 Å². The van der Waals surface area contributed by atoms with Crippen LogP contribution in [-0.4, -0.2) is 64.8 Å². The average Bonchev–Trinajstić information content (AvgIpc) is 2.80. The van der Waals surface area contributed by atoms with Gasteiger partial charge in [0.15, 0.2) is 5.69 Å². The molecule has 0 radical (unpaired) electrons. The lowest BCUT2D eigenvalue weighted by atomic mass is 10.2. The summed E-state index contributed by atoms with van der Waals surface area (Å²) in [5.74, 6) is -1.37. The third-order valence-corrected chi connectivity index (χ3v) is 3.10. The number of amides is 1. The quantitative estimate of drug-likeness (QED) is 0.565. The Bertz CT molecular complexity index is 485. The first-order valence-corrected chi connectivity index (χ1v) is 6.25. The number of rotatable bonds is 7. The second-order valence-corrected chi connectivity index (χ2v) is 4.56. The molecule has 0 saturated carbocycles. The number of hydrogen-bond donors (Lipinski definition) is 3. The number of hydrogen-bond acceptors (Lipinski definition) is 6. The van der Waals surface area contributed by atoms with Crippen molar-refractivity contribution in [2.75, 3.05) is 26.7 Å². The summed E-state index contributed by atoms with van der Waals surface area (Å²) in [5, 5.41) is 22.1. The maximum atomic E-state index is 11.8. The van der Waals surface area contributed by atoms with Gasteiger partial charge in [-0.3, -0.25) is 9.59 Å². The SMILES string of the molecule is COC(CNC(=O)c1cn(C2CNC2)nn1)CC(=O)O. The van der Waals surface area contributed by atoms with Crippen LogP contribution in [0.15, 0.2) is 6.20 Å². The van der Waals surface area contributed by atoms with Gasteiger partial charge in [-0.05, 0) is 0 Å². The molecule has 9 nitrogen and oxygen atoms in total. The van der Waals surface area contributed by atoms with Crippen molar-refractivity contribution in [3.8, 4) is 0 Å². The molecule has 1 aromatic heterocycles. The number of carbonyl (C=O) groups is 2. The molecule has 1 aliphatic heterocycles. The Morgan fingerprint density at radius 2 is 2.40 bits per heavy atom. The van der Waals surface area contributed by atoms with E-state index >= 15 is 0 Å². The highest BCUT2D eigenvalue weighted by Crippen LogP contribution is 2.09. The predicted molar refractivity (Wildman–Crippen MR) is 67.3 cm³/mol. The van der Waals surface area contributed by atoms with Crippen molar-refractivity contribution >= 4 is 11.9 Å². The summed E-state index contributed by atoms with van der Waals surface area (Å²) in [5.41, 5.74) is 0.210. The van der Waals surface area contributed by atoms with Crippen LogP contribution in [0.3, 0.4) is 0 Å². The Morgan fingerprint density at radius 3 is 2.95 bits per heavy atom. The van der Waals surface area contributed by atoms with Crippen molar-refractivity contribution < 1.29 is 19.4 Å². The van der Waals surface area contributed by atoms with Gasteiger partial charge in [-0.25, -0.2) is 4.68 Å². The normalized spacial score (nSPS) is 16.4. The van der Waals surface area contributed by atoms with Gasteiger partial charge < -0.3 is 20.5 Å². The third kappa shape index (κ3) is 3.52. The lowest BCUT2D eigenvalue weighted by Gasteiger charge is -2.26. The topological polar surface area (TPSA) is 118 Å². The van der Waals surface area contributed by atoms with Crippen LogP contribution in [0.25, 0.3) is 0 Å². The summed E-state index contributed by atoms with van der Waals surface area (Å²) >= 11 is 0. The van der Waals surface area contributed by atoms with E-state index in [2.05, 4.69) is 20.9 Å². The van der Waals surface area contributed by atoms with E-state index in [4.69, 9.17) is 9.84 Å². The lowest BCUT2D eigenvalue weighted by Crippen LogP contribution is -2.43. The first-order chi connectivity index (χ1) is 9.60. The minimum absolute atomic E-state index is 0.111. The van der Waals surface area contributed by atoms with Crippen molar-refractivity contribution in [3.63, 3.8) is 0 Å². The summed E-state index contributed by atoms with van der Waals surface area (Å²) < 4.78 is 6.62. The number of ether oxygens (including phenoxy) is 1. The highest BCUT2D eigenvalue weighted by Gasteiger charge is 2.22. The molecule has 1 aliphatic rings. The zero-order valence-corrected chi connectivity index (χ0v) is 11.1. The van der Waals surface area contributed by atoms with Gasteiger partial charge in [0.25, 0.3) is 5.91 Å². The molecule has 9 heteroatoms. The van der Waals surface area contributed by atoms with Gasteiger partial charge in [0, 0.05) is 26.7 Å². The van der Waals surface area contributed by atoms with Gasteiger partial charge in [-0.2, -0.15) is 0 Å². The van der Waals surface area contributed by atoms with Gasteiger partial charge in [0.1, 0.15) is 0 Å². The fourth-order valence-corrected chi connectivity index (χ4v) is 1.75. The first-order valence-electron chi connectivity index (χ1n) is 6.25. The highest BCUT2D eigenvalue weighted by atomic mass is 16.5. The molecular formula is C11H17N5O4. The van der Waals surface area contributed by atoms with Crippen LogP contribution in [0, 0.1) is 0 Å². The highest BCUT2D eigenvalue weighted by molar-refractivity contribution is 5.91. The number of carboxylic acid groups (broad SMARTS) is 1. The lowest BCUT2D eigenvalue weighted by molar-refractivity contribution is -0.139. The van der Waals surface area contributed by atoms with Crippen LogP contribution in [-0.2, 0) is 9.53 Å². The van der Waals surface area contributed by atoms with E-state index in [0.717, 1.165) is 13.1 Å². The van der Waals surface area contributed by atoms with Crippen molar-refractivity contribution in [2.24, 2.45) is 0 Å². The van der Waals surface area contributed by atoms with E-state index in [-0.39, 0.29) is 24.7 Å². The molecule has 2 rings (SSSR count). The number of aromatic nitrogens is 3. The van der Waals surface area contributed by atoms with E-state index in [1.165, 1.54) is 7.11 Å². The fourth-order valence-electron chi connectivity index (χ4n) is 1.75. The summed E-state index contributed by atoms with van der Waals surface area (Å²) in [6.07, 6.45) is 0.846. The van der Waals surface area contributed by atoms with Crippen molar-refractivity contribution in [1.82, 2.24) is 25.6 Å². The fraction of sp³-hybridized carbons (Fsp3) is 0.636. The molecule has 1 unspecified atom stereocenters.